The number of urea groups is 1. The lowest BCUT2D eigenvalue weighted by Gasteiger charge is -2.20. The van der Waals surface area contributed by atoms with Gasteiger partial charge in [-0.2, -0.15) is 0 Å². The zero-order chi connectivity index (χ0) is 13.8. The number of carbonyl (C=O) groups is 2. The lowest BCUT2D eigenvalue weighted by Crippen LogP contribution is -2.46. The lowest BCUT2D eigenvalue weighted by atomic mass is 10.3. The third-order valence-electron chi connectivity index (χ3n) is 2.77. The molecule has 0 bridgehead atoms. The van der Waals surface area contributed by atoms with Gasteiger partial charge in [0.15, 0.2) is 0 Å². The van der Waals surface area contributed by atoms with Crippen LogP contribution in [0.4, 0.5) is 4.79 Å². The number of hydrogen-bond donors (Lipinski definition) is 2. The Labute approximate surface area is 114 Å². The number of nitrogens with one attached hydrogen (secondary N) is 1. The first-order valence-electron chi connectivity index (χ1n) is 5.90. The van der Waals surface area contributed by atoms with Crippen molar-refractivity contribution in [2.45, 2.75) is 25.9 Å². The number of rotatable bonds is 4. The molecule has 1 aliphatic rings. The first kappa shape index (κ1) is 13.7. The van der Waals surface area contributed by atoms with E-state index in [-0.39, 0.29) is 6.54 Å². The first-order valence-corrected chi connectivity index (χ1v) is 7.06. The highest BCUT2D eigenvalue weighted by Gasteiger charge is 2.34. The SMILES string of the molecule is CCc1cnc(CNC(=O)N2CSCC2C(=O)O)o1. The molecule has 1 unspecified atom stereocenters. The van der Waals surface area contributed by atoms with Crippen LogP contribution in [0.25, 0.3) is 0 Å². The van der Waals surface area contributed by atoms with Gasteiger partial charge in [-0.3, -0.25) is 0 Å². The molecule has 2 rings (SSSR count). The van der Waals surface area contributed by atoms with E-state index in [4.69, 9.17) is 9.52 Å². The second-order valence-corrected chi connectivity index (χ2v) is 5.06. The number of hydrogen-bond acceptors (Lipinski definition) is 5. The van der Waals surface area contributed by atoms with Crippen LogP contribution in [0.1, 0.15) is 18.6 Å². The molecule has 104 valence electrons. The molecule has 0 aromatic carbocycles. The summed E-state index contributed by atoms with van der Waals surface area (Å²) in [4.78, 5) is 28.2. The minimum atomic E-state index is -0.982. The normalized spacial score (nSPS) is 18.6. The Morgan fingerprint density at radius 1 is 1.68 bits per heavy atom. The van der Waals surface area contributed by atoms with E-state index in [0.29, 0.717) is 17.5 Å². The topological polar surface area (TPSA) is 95.7 Å². The molecular weight excluding hydrogens is 270 g/mol. The minimum Gasteiger partial charge on any atom is -0.480 e. The number of amides is 2. The summed E-state index contributed by atoms with van der Waals surface area (Å²) in [5.74, 6) is 0.994. The third-order valence-corrected chi connectivity index (χ3v) is 3.78. The molecule has 1 aromatic heterocycles. The van der Waals surface area contributed by atoms with Crippen LogP contribution in [-0.4, -0.2) is 44.7 Å². The average molecular weight is 285 g/mol. The van der Waals surface area contributed by atoms with Gasteiger partial charge in [0, 0.05) is 12.2 Å². The smallest absolute Gasteiger partial charge is 0.327 e. The summed E-state index contributed by atoms with van der Waals surface area (Å²) in [5, 5.41) is 11.6. The number of carbonyl (C=O) groups excluding carboxylic acids is 1. The summed E-state index contributed by atoms with van der Waals surface area (Å²) in [7, 11) is 0. The van der Waals surface area contributed by atoms with E-state index >= 15 is 0 Å². The van der Waals surface area contributed by atoms with E-state index in [1.54, 1.807) is 6.20 Å². The van der Waals surface area contributed by atoms with E-state index < -0.39 is 18.0 Å². The molecule has 7 nitrogen and oxygen atoms in total. The molecule has 0 spiro atoms. The minimum absolute atomic E-state index is 0.159. The van der Waals surface area contributed by atoms with Crippen molar-refractivity contribution in [3.05, 3.63) is 17.8 Å². The van der Waals surface area contributed by atoms with Crippen LogP contribution in [0.2, 0.25) is 0 Å². The van der Waals surface area contributed by atoms with E-state index in [2.05, 4.69) is 10.3 Å². The van der Waals surface area contributed by atoms with E-state index in [9.17, 15) is 9.59 Å². The number of carboxylic acid groups (broad SMARTS) is 1. The molecule has 19 heavy (non-hydrogen) atoms. The van der Waals surface area contributed by atoms with Crippen LogP contribution in [0.15, 0.2) is 10.6 Å². The van der Waals surface area contributed by atoms with Crippen molar-refractivity contribution in [2.24, 2.45) is 0 Å². The maximum atomic E-state index is 11.9. The predicted octanol–water partition coefficient (Wildman–Crippen LogP) is 0.906. The number of oxazole rings is 1. The third kappa shape index (κ3) is 3.19. The van der Waals surface area contributed by atoms with Gasteiger partial charge in [-0.05, 0) is 0 Å². The van der Waals surface area contributed by atoms with Gasteiger partial charge in [-0.1, -0.05) is 6.92 Å². The molecule has 0 radical (unpaired) electrons. The molecule has 1 aromatic rings. The van der Waals surface area contributed by atoms with E-state index in [1.165, 1.54) is 16.7 Å². The van der Waals surface area contributed by atoms with Crippen LogP contribution in [0, 0.1) is 0 Å². The number of carboxylic acids is 1. The number of aryl methyl sites for hydroxylation is 1. The Morgan fingerprint density at radius 3 is 3.11 bits per heavy atom. The number of nitrogens with zero attached hydrogens (tertiary/aromatic N) is 2. The highest BCUT2D eigenvalue weighted by atomic mass is 32.2. The highest BCUT2D eigenvalue weighted by molar-refractivity contribution is 7.99. The zero-order valence-electron chi connectivity index (χ0n) is 10.5. The van der Waals surface area contributed by atoms with Crippen LogP contribution in [0.3, 0.4) is 0 Å². The maximum Gasteiger partial charge on any atom is 0.327 e. The summed E-state index contributed by atoms with van der Waals surface area (Å²) in [5.41, 5.74) is 0. The maximum absolute atomic E-state index is 11.9. The van der Waals surface area contributed by atoms with Crippen molar-refractivity contribution in [1.82, 2.24) is 15.2 Å². The van der Waals surface area contributed by atoms with Gasteiger partial charge >= 0.3 is 12.0 Å². The molecule has 1 atom stereocenters. The largest absolute Gasteiger partial charge is 0.480 e. The van der Waals surface area contributed by atoms with E-state index in [1.807, 2.05) is 6.92 Å². The fraction of sp³-hybridized carbons (Fsp3) is 0.545. The van der Waals surface area contributed by atoms with Gasteiger partial charge in [0.2, 0.25) is 5.89 Å². The van der Waals surface area contributed by atoms with Crippen molar-refractivity contribution in [1.29, 1.82) is 0 Å². The number of aromatic nitrogens is 1. The fourth-order valence-corrected chi connectivity index (χ4v) is 2.84. The molecule has 0 saturated carbocycles. The molecule has 1 aliphatic heterocycles. The van der Waals surface area contributed by atoms with Crippen LogP contribution in [-0.2, 0) is 17.8 Å². The molecule has 2 heterocycles. The quantitative estimate of drug-likeness (QED) is 0.853. The van der Waals surface area contributed by atoms with Gasteiger partial charge in [0.25, 0.3) is 0 Å². The molecule has 0 aliphatic carbocycles. The summed E-state index contributed by atoms with van der Waals surface area (Å²) in [6.45, 7) is 2.11. The summed E-state index contributed by atoms with van der Waals surface area (Å²) < 4.78 is 5.35. The van der Waals surface area contributed by atoms with Gasteiger partial charge in [-0.25, -0.2) is 14.6 Å². The van der Waals surface area contributed by atoms with Crippen molar-refractivity contribution in [2.75, 3.05) is 11.6 Å². The molecule has 2 N–H and O–H groups in total. The lowest BCUT2D eigenvalue weighted by molar-refractivity contribution is -0.140. The van der Waals surface area contributed by atoms with Crippen LogP contribution < -0.4 is 5.32 Å². The molecular formula is C11H15N3O4S. The Morgan fingerprint density at radius 2 is 2.47 bits per heavy atom. The second-order valence-electron chi connectivity index (χ2n) is 4.06. The number of aliphatic carboxylic acids is 1. The Bertz CT molecular complexity index is 476. The Kier molecular flexibility index (Phi) is 4.31. The van der Waals surface area contributed by atoms with Crippen molar-refractivity contribution in [3.8, 4) is 0 Å². The van der Waals surface area contributed by atoms with Gasteiger partial charge in [0.05, 0.1) is 18.6 Å². The highest BCUT2D eigenvalue weighted by Crippen LogP contribution is 2.20. The zero-order valence-corrected chi connectivity index (χ0v) is 11.3. The summed E-state index contributed by atoms with van der Waals surface area (Å²) >= 11 is 1.42. The first-order chi connectivity index (χ1) is 9.11. The Hall–Kier alpha value is -1.70. The van der Waals surface area contributed by atoms with Crippen LogP contribution >= 0.6 is 11.8 Å². The molecule has 2 amide bonds. The van der Waals surface area contributed by atoms with Crippen LogP contribution in [0.5, 0.6) is 0 Å². The summed E-state index contributed by atoms with van der Waals surface area (Å²) in [6, 6.07) is -1.17. The fourth-order valence-electron chi connectivity index (χ4n) is 1.69. The van der Waals surface area contributed by atoms with Crippen molar-refractivity contribution >= 4 is 23.8 Å². The molecule has 1 saturated heterocycles. The van der Waals surface area contributed by atoms with Gasteiger partial charge in [0.1, 0.15) is 11.8 Å². The predicted molar refractivity (Wildman–Crippen MR) is 68.7 cm³/mol. The standard InChI is InChI=1S/C11H15N3O4S/c1-2-7-3-12-9(18-7)4-13-11(17)14-6-19-5-8(14)10(15)16/h3,8H,2,4-6H2,1H3,(H,13,17)(H,15,16). The molecule has 1 fully saturated rings. The monoisotopic (exact) mass is 285 g/mol. The second kappa shape index (κ2) is 5.96. The van der Waals surface area contributed by atoms with E-state index in [0.717, 1.165) is 12.2 Å². The van der Waals surface area contributed by atoms with Crippen molar-refractivity contribution < 1.29 is 19.1 Å². The van der Waals surface area contributed by atoms with Gasteiger partial charge < -0.3 is 19.7 Å². The van der Waals surface area contributed by atoms with Gasteiger partial charge in [-0.15, -0.1) is 11.8 Å². The average Bonchev–Trinajstić information content (AvgIpc) is 3.04. The molecule has 8 heteroatoms. The van der Waals surface area contributed by atoms with Crippen molar-refractivity contribution in [3.63, 3.8) is 0 Å². The Balaban J connectivity index is 1.88. The number of thioether (sulfide) groups is 1. The summed E-state index contributed by atoms with van der Waals surface area (Å²) in [6.07, 6.45) is 2.36.